The summed E-state index contributed by atoms with van der Waals surface area (Å²) in [6.45, 7) is 6.83. The van der Waals surface area contributed by atoms with Crippen molar-refractivity contribution in [1.29, 1.82) is 0 Å². The van der Waals surface area contributed by atoms with E-state index in [1.54, 1.807) is 0 Å². The number of nitrogens with one attached hydrogen (secondary N) is 1. The van der Waals surface area contributed by atoms with Crippen LogP contribution in [0.4, 0.5) is 0 Å². The summed E-state index contributed by atoms with van der Waals surface area (Å²) in [6.07, 6.45) is 2.57. The Morgan fingerprint density at radius 1 is 1.22 bits per heavy atom. The molecule has 4 unspecified atom stereocenters. The number of halogens is 2. The summed E-state index contributed by atoms with van der Waals surface area (Å²) in [4.78, 5) is 0. The van der Waals surface area contributed by atoms with Gasteiger partial charge in [0.1, 0.15) is 0 Å². The summed E-state index contributed by atoms with van der Waals surface area (Å²) in [5.41, 5.74) is 1.09. The Labute approximate surface area is 120 Å². The predicted octanol–water partition coefficient (Wildman–Crippen LogP) is 5.08. The molecule has 0 radical (unpaired) electrons. The van der Waals surface area contributed by atoms with Crippen LogP contribution in [-0.4, -0.2) is 6.04 Å². The van der Waals surface area contributed by atoms with Crippen LogP contribution < -0.4 is 5.32 Å². The molecule has 3 heteroatoms. The van der Waals surface area contributed by atoms with Gasteiger partial charge >= 0.3 is 0 Å². The Kier molecular flexibility index (Phi) is 4.58. The number of benzene rings is 1. The zero-order valence-electron chi connectivity index (χ0n) is 11.2. The van der Waals surface area contributed by atoms with Crippen LogP contribution in [0.25, 0.3) is 0 Å². The number of rotatable bonds is 3. The first-order valence-electron chi connectivity index (χ1n) is 6.70. The maximum Gasteiger partial charge on any atom is 0.0639 e. The summed E-state index contributed by atoms with van der Waals surface area (Å²) in [5.74, 6) is 1.54. The van der Waals surface area contributed by atoms with Gasteiger partial charge in [-0.05, 0) is 43.2 Å². The number of hydrogen-bond acceptors (Lipinski definition) is 1. The van der Waals surface area contributed by atoms with Crippen molar-refractivity contribution in [3.8, 4) is 0 Å². The second-order valence-corrected chi connectivity index (χ2v) is 6.34. The molecule has 0 heterocycles. The van der Waals surface area contributed by atoms with Crippen molar-refractivity contribution in [3.63, 3.8) is 0 Å². The van der Waals surface area contributed by atoms with Gasteiger partial charge in [0.25, 0.3) is 0 Å². The number of hydrogen-bond donors (Lipinski definition) is 1. The molecule has 2 rings (SSSR count). The minimum atomic E-state index is 0.244. The van der Waals surface area contributed by atoms with Gasteiger partial charge in [0.05, 0.1) is 10.0 Å². The van der Waals surface area contributed by atoms with Gasteiger partial charge in [-0.25, -0.2) is 0 Å². The fourth-order valence-corrected chi connectivity index (χ4v) is 3.34. The minimum absolute atomic E-state index is 0.244. The van der Waals surface area contributed by atoms with Crippen LogP contribution in [0.15, 0.2) is 18.2 Å². The molecule has 1 aliphatic carbocycles. The van der Waals surface area contributed by atoms with Crippen LogP contribution in [0.5, 0.6) is 0 Å². The van der Waals surface area contributed by atoms with Crippen molar-refractivity contribution in [2.45, 2.75) is 45.7 Å². The Balaban J connectivity index is 2.08. The summed E-state index contributed by atoms with van der Waals surface area (Å²) in [7, 11) is 0. The SMILES string of the molecule is CC(NC1CCC(C)C1C)c1cccc(Cl)c1Cl. The lowest BCUT2D eigenvalue weighted by Gasteiger charge is -2.25. The van der Waals surface area contributed by atoms with Gasteiger partial charge in [0, 0.05) is 12.1 Å². The third-order valence-corrected chi connectivity index (χ3v) is 5.21. The Hall–Kier alpha value is -0.240. The van der Waals surface area contributed by atoms with Crippen molar-refractivity contribution < 1.29 is 0 Å². The van der Waals surface area contributed by atoms with Crippen LogP contribution in [0.3, 0.4) is 0 Å². The van der Waals surface area contributed by atoms with Gasteiger partial charge < -0.3 is 5.32 Å². The molecule has 0 amide bonds. The monoisotopic (exact) mass is 285 g/mol. The van der Waals surface area contributed by atoms with Crippen LogP contribution in [0.2, 0.25) is 10.0 Å². The topological polar surface area (TPSA) is 12.0 Å². The lowest BCUT2D eigenvalue weighted by atomic mass is 9.96. The van der Waals surface area contributed by atoms with Gasteiger partial charge in [0.15, 0.2) is 0 Å². The van der Waals surface area contributed by atoms with Gasteiger partial charge in [-0.2, -0.15) is 0 Å². The molecular formula is C15H21Cl2N. The highest BCUT2D eigenvalue weighted by molar-refractivity contribution is 6.42. The van der Waals surface area contributed by atoms with E-state index < -0.39 is 0 Å². The summed E-state index contributed by atoms with van der Waals surface area (Å²) in [5, 5.41) is 5.01. The molecule has 1 nitrogen and oxygen atoms in total. The van der Waals surface area contributed by atoms with Gasteiger partial charge in [-0.3, -0.25) is 0 Å². The van der Waals surface area contributed by atoms with Gasteiger partial charge in [0.2, 0.25) is 0 Å². The summed E-state index contributed by atoms with van der Waals surface area (Å²) in [6, 6.07) is 6.68. The Morgan fingerprint density at radius 3 is 2.56 bits per heavy atom. The average molecular weight is 286 g/mol. The molecular weight excluding hydrogens is 265 g/mol. The van der Waals surface area contributed by atoms with E-state index in [1.165, 1.54) is 12.8 Å². The van der Waals surface area contributed by atoms with Crippen molar-refractivity contribution in [1.82, 2.24) is 5.32 Å². The predicted molar refractivity (Wildman–Crippen MR) is 79.4 cm³/mol. The van der Waals surface area contributed by atoms with E-state index in [0.29, 0.717) is 16.1 Å². The van der Waals surface area contributed by atoms with E-state index in [9.17, 15) is 0 Å². The first-order chi connectivity index (χ1) is 8.50. The van der Waals surface area contributed by atoms with E-state index in [1.807, 2.05) is 12.1 Å². The second-order valence-electron chi connectivity index (χ2n) is 5.55. The van der Waals surface area contributed by atoms with Gasteiger partial charge in [-0.1, -0.05) is 49.2 Å². The van der Waals surface area contributed by atoms with E-state index in [4.69, 9.17) is 23.2 Å². The molecule has 0 aromatic heterocycles. The molecule has 4 atom stereocenters. The lowest BCUT2D eigenvalue weighted by molar-refractivity contribution is 0.347. The molecule has 1 aliphatic rings. The molecule has 1 aromatic rings. The molecule has 0 saturated heterocycles. The zero-order valence-corrected chi connectivity index (χ0v) is 12.7. The maximum atomic E-state index is 6.27. The Bertz CT molecular complexity index is 419. The van der Waals surface area contributed by atoms with Gasteiger partial charge in [-0.15, -0.1) is 0 Å². The highest BCUT2D eigenvalue weighted by atomic mass is 35.5. The standard InChI is InChI=1S/C15H21Cl2N/c1-9-7-8-14(10(9)2)18-11(3)12-5-4-6-13(16)15(12)17/h4-6,9-11,14,18H,7-8H2,1-3H3. The minimum Gasteiger partial charge on any atom is -0.307 e. The Morgan fingerprint density at radius 2 is 1.94 bits per heavy atom. The lowest BCUT2D eigenvalue weighted by Crippen LogP contribution is -2.34. The van der Waals surface area contributed by atoms with Crippen molar-refractivity contribution in [3.05, 3.63) is 33.8 Å². The third-order valence-electron chi connectivity index (χ3n) is 4.38. The molecule has 100 valence electrons. The van der Waals surface area contributed by atoms with Crippen molar-refractivity contribution in [2.24, 2.45) is 11.8 Å². The van der Waals surface area contributed by atoms with Crippen LogP contribution in [0, 0.1) is 11.8 Å². The van der Waals surface area contributed by atoms with Crippen molar-refractivity contribution >= 4 is 23.2 Å². The third kappa shape index (κ3) is 2.84. The van der Waals surface area contributed by atoms with Crippen LogP contribution in [0.1, 0.15) is 45.2 Å². The molecule has 1 fully saturated rings. The zero-order chi connectivity index (χ0) is 13.3. The van der Waals surface area contributed by atoms with E-state index in [0.717, 1.165) is 17.4 Å². The first kappa shape index (κ1) is 14.2. The highest BCUT2D eigenvalue weighted by Gasteiger charge is 2.30. The highest BCUT2D eigenvalue weighted by Crippen LogP contribution is 2.34. The molecule has 18 heavy (non-hydrogen) atoms. The second kappa shape index (κ2) is 5.81. The largest absolute Gasteiger partial charge is 0.307 e. The summed E-state index contributed by atoms with van der Waals surface area (Å²) < 4.78 is 0. The van der Waals surface area contributed by atoms with Crippen LogP contribution in [-0.2, 0) is 0 Å². The maximum absolute atomic E-state index is 6.27. The van der Waals surface area contributed by atoms with E-state index >= 15 is 0 Å². The molecule has 1 aromatic carbocycles. The average Bonchev–Trinajstić information content (AvgIpc) is 2.64. The fraction of sp³-hybridized carbons (Fsp3) is 0.600. The smallest absolute Gasteiger partial charge is 0.0639 e. The summed E-state index contributed by atoms with van der Waals surface area (Å²) >= 11 is 12.3. The van der Waals surface area contributed by atoms with Crippen LogP contribution >= 0.6 is 23.2 Å². The normalized spacial score (nSPS) is 29.5. The fourth-order valence-electron chi connectivity index (χ4n) is 2.87. The quantitative estimate of drug-likeness (QED) is 0.817. The first-order valence-corrected chi connectivity index (χ1v) is 7.46. The van der Waals surface area contributed by atoms with E-state index in [2.05, 4.69) is 32.2 Å². The molecule has 0 bridgehead atoms. The molecule has 1 N–H and O–H groups in total. The van der Waals surface area contributed by atoms with E-state index in [-0.39, 0.29) is 6.04 Å². The molecule has 0 spiro atoms. The molecule has 0 aliphatic heterocycles. The van der Waals surface area contributed by atoms with Crippen molar-refractivity contribution in [2.75, 3.05) is 0 Å². The molecule has 1 saturated carbocycles.